The summed E-state index contributed by atoms with van der Waals surface area (Å²) in [5.74, 6) is -1.05. The van der Waals surface area contributed by atoms with Crippen LogP contribution in [0.4, 0.5) is 10.1 Å². The standard InChI is InChI=1S/C28H25FN2O2S/c1-16-11-12-34-27(16)26-24(28(33)31-21-10-6-9-20(29)15-21)17(2)30-22-13-19(14-23(32)25(22)26)18-7-4-3-5-8-18/h3-12,15,19,26,30H,13-14H2,1-2H3,(H,31,33). The van der Waals surface area contributed by atoms with Gasteiger partial charge in [-0.2, -0.15) is 0 Å². The average Bonchev–Trinajstić information content (AvgIpc) is 3.24. The van der Waals surface area contributed by atoms with Gasteiger partial charge in [0.25, 0.3) is 5.91 Å². The number of halogens is 1. The van der Waals surface area contributed by atoms with Crippen molar-refractivity contribution >= 4 is 28.7 Å². The predicted molar refractivity (Wildman–Crippen MR) is 133 cm³/mol. The van der Waals surface area contributed by atoms with Crippen LogP contribution in [0.25, 0.3) is 0 Å². The van der Waals surface area contributed by atoms with Crippen LogP contribution in [0.5, 0.6) is 0 Å². The van der Waals surface area contributed by atoms with E-state index in [0.29, 0.717) is 35.4 Å². The van der Waals surface area contributed by atoms with Gasteiger partial charge in [0, 0.05) is 39.5 Å². The number of hydrogen-bond acceptors (Lipinski definition) is 4. The molecule has 172 valence electrons. The van der Waals surface area contributed by atoms with Crippen molar-refractivity contribution in [3.8, 4) is 0 Å². The molecule has 0 saturated carbocycles. The molecule has 1 aliphatic carbocycles. The Kier molecular flexibility index (Phi) is 5.92. The number of aryl methyl sites for hydroxylation is 1. The maximum atomic E-state index is 13.7. The molecule has 5 rings (SSSR count). The van der Waals surface area contributed by atoms with E-state index in [0.717, 1.165) is 21.7 Å². The lowest BCUT2D eigenvalue weighted by atomic mass is 9.73. The van der Waals surface area contributed by atoms with Crippen molar-refractivity contribution in [3.63, 3.8) is 0 Å². The third-order valence-corrected chi connectivity index (χ3v) is 7.67. The lowest BCUT2D eigenvalue weighted by Crippen LogP contribution is -2.37. The Bertz CT molecular complexity index is 1340. The van der Waals surface area contributed by atoms with Crippen LogP contribution in [0.15, 0.2) is 88.6 Å². The zero-order chi connectivity index (χ0) is 23.8. The zero-order valence-electron chi connectivity index (χ0n) is 19.0. The molecule has 1 aromatic heterocycles. The van der Waals surface area contributed by atoms with E-state index >= 15 is 0 Å². The molecule has 2 aliphatic rings. The molecule has 0 fully saturated rings. The second-order valence-electron chi connectivity index (χ2n) is 8.86. The summed E-state index contributed by atoms with van der Waals surface area (Å²) in [7, 11) is 0. The number of carbonyl (C=O) groups is 2. The fraction of sp³-hybridized carbons (Fsp3) is 0.214. The number of ketones is 1. The fourth-order valence-electron chi connectivity index (χ4n) is 5.01. The Morgan fingerprint density at radius 1 is 1.06 bits per heavy atom. The highest BCUT2D eigenvalue weighted by Gasteiger charge is 2.41. The average molecular weight is 473 g/mol. The molecule has 0 spiro atoms. The topological polar surface area (TPSA) is 58.2 Å². The van der Waals surface area contributed by atoms with Gasteiger partial charge >= 0.3 is 0 Å². The van der Waals surface area contributed by atoms with Gasteiger partial charge in [-0.3, -0.25) is 9.59 Å². The number of dihydropyridines is 1. The van der Waals surface area contributed by atoms with Crippen LogP contribution in [0, 0.1) is 12.7 Å². The first kappa shape index (κ1) is 22.3. The Hall–Kier alpha value is -3.51. The number of amides is 1. The van der Waals surface area contributed by atoms with Crippen molar-refractivity contribution in [3.05, 3.63) is 110 Å². The third-order valence-electron chi connectivity index (χ3n) is 6.59. The van der Waals surface area contributed by atoms with Crippen LogP contribution in [0.1, 0.15) is 47.6 Å². The number of anilines is 1. The minimum absolute atomic E-state index is 0.0592. The Morgan fingerprint density at radius 3 is 2.56 bits per heavy atom. The van der Waals surface area contributed by atoms with Crippen molar-refractivity contribution in [1.29, 1.82) is 0 Å². The molecule has 6 heteroatoms. The minimum Gasteiger partial charge on any atom is -0.362 e. The maximum absolute atomic E-state index is 13.7. The van der Waals surface area contributed by atoms with Crippen LogP contribution in [-0.4, -0.2) is 11.7 Å². The van der Waals surface area contributed by atoms with E-state index in [-0.39, 0.29) is 17.6 Å². The van der Waals surface area contributed by atoms with Gasteiger partial charge in [0.2, 0.25) is 0 Å². The summed E-state index contributed by atoms with van der Waals surface area (Å²) in [6, 6.07) is 17.9. The van der Waals surface area contributed by atoms with Gasteiger partial charge in [-0.05, 0) is 67.0 Å². The summed E-state index contributed by atoms with van der Waals surface area (Å²) in [5, 5.41) is 8.22. The minimum atomic E-state index is -0.450. The van der Waals surface area contributed by atoms with Gasteiger partial charge in [0.1, 0.15) is 5.82 Å². The van der Waals surface area contributed by atoms with Gasteiger partial charge in [-0.25, -0.2) is 4.39 Å². The molecule has 34 heavy (non-hydrogen) atoms. The largest absolute Gasteiger partial charge is 0.362 e. The molecule has 1 amide bonds. The van der Waals surface area contributed by atoms with E-state index < -0.39 is 11.7 Å². The zero-order valence-corrected chi connectivity index (χ0v) is 19.8. The highest BCUT2D eigenvalue weighted by atomic mass is 32.1. The molecule has 2 heterocycles. The van der Waals surface area contributed by atoms with E-state index in [1.807, 2.05) is 43.5 Å². The highest BCUT2D eigenvalue weighted by molar-refractivity contribution is 7.10. The van der Waals surface area contributed by atoms with Gasteiger partial charge < -0.3 is 10.6 Å². The van der Waals surface area contributed by atoms with E-state index in [1.54, 1.807) is 23.5 Å². The van der Waals surface area contributed by atoms with Crippen molar-refractivity contribution in [1.82, 2.24) is 5.32 Å². The van der Waals surface area contributed by atoms with Crippen LogP contribution in [-0.2, 0) is 9.59 Å². The van der Waals surface area contributed by atoms with Gasteiger partial charge in [0.05, 0.1) is 5.92 Å². The molecule has 0 radical (unpaired) electrons. The summed E-state index contributed by atoms with van der Waals surface area (Å²) in [4.78, 5) is 28.1. The number of hydrogen-bond donors (Lipinski definition) is 2. The van der Waals surface area contributed by atoms with Crippen molar-refractivity contribution in [2.24, 2.45) is 0 Å². The number of Topliss-reactive ketones (excluding diaryl/α,β-unsaturated/α-hetero) is 1. The number of rotatable bonds is 4. The SMILES string of the molecule is CC1=C(C(=O)Nc2cccc(F)c2)C(c2sccc2C)C2=C(CC(c3ccccc3)CC2=O)N1. The highest BCUT2D eigenvalue weighted by Crippen LogP contribution is 2.47. The molecule has 3 aromatic rings. The number of thiophene rings is 1. The quantitative estimate of drug-likeness (QED) is 0.476. The Labute approximate surface area is 202 Å². The maximum Gasteiger partial charge on any atom is 0.254 e. The summed E-state index contributed by atoms with van der Waals surface area (Å²) in [6.07, 6.45) is 1.12. The molecule has 2 aromatic carbocycles. The van der Waals surface area contributed by atoms with Gasteiger partial charge in [-0.1, -0.05) is 36.4 Å². The fourth-order valence-corrected chi connectivity index (χ4v) is 6.05. The summed E-state index contributed by atoms with van der Waals surface area (Å²) >= 11 is 1.55. The molecule has 1 aliphatic heterocycles. The molecule has 2 atom stereocenters. The van der Waals surface area contributed by atoms with Gasteiger partial charge in [0.15, 0.2) is 5.78 Å². The summed E-state index contributed by atoms with van der Waals surface area (Å²) in [6.45, 7) is 3.88. The van der Waals surface area contributed by atoms with Crippen molar-refractivity contribution in [2.45, 2.75) is 38.5 Å². The first-order chi connectivity index (χ1) is 16.4. The molecular weight excluding hydrogens is 447 g/mol. The van der Waals surface area contributed by atoms with E-state index in [9.17, 15) is 14.0 Å². The van der Waals surface area contributed by atoms with Crippen molar-refractivity contribution < 1.29 is 14.0 Å². The summed E-state index contributed by atoms with van der Waals surface area (Å²) < 4.78 is 13.7. The predicted octanol–water partition coefficient (Wildman–Crippen LogP) is 6.20. The van der Waals surface area contributed by atoms with E-state index in [1.165, 1.54) is 12.1 Å². The van der Waals surface area contributed by atoms with E-state index in [4.69, 9.17) is 0 Å². The third kappa shape index (κ3) is 4.10. The monoisotopic (exact) mass is 472 g/mol. The Morgan fingerprint density at radius 2 is 1.85 bits per heavy atom. The molecule has 4 nitrogen and oxygen atoms in total. The molecule has 0 bridgehead atoms. The smallest absolute Gasteiger partial charge is 0.254 e. The van der Waals surface area contributed by atoms with E-state index in [2.05, 4.69) is 22.8 Å². The number of carbonyl (C=O) groups excluding carboxylic acids is 2. The first-order valence-corrected chi connectivity index (χ1v) is 12.2. The second-order valence-corrected chi connectivity index (χ2v) is 9.81. The first-order valence-electron chi connectivity index (χ1n) is 11.3. The van der Waals surface area contributed by atoms with Crippen LogP contribution in [0.3, 0.4) is 0 Å². The van der Waals surface area contributed by atoms with Crippen LogP contribution < -0.4 is 10.6 Å². The van der Waals surface area contributed by atoms with Crippen LogP contribution in [0.2, 0.25) is 0 Å². The number of allylic oxidation sites excluding steroid dienone is 3. The van der Waals surface area contributed by atoms with Crippen LogP contribution >= 0.6 is 11.3 Å². The normalized spacial score (nSPS) is 20.1. The molecule has 2 N–H and O–H groups in total. The summed E-state index contributed by atoms with van der Waals surface area (Å²) in [5.41, 5.74) is 5.35. The molecule has 2 unspecified atom stereocenters. The lowest BCUT2D eigenvalue weighted by molar-refractivity contribution is -0.116. The molecular formula is C28H25FN2O2S. The number of nitrogens with one attached hydrogen (secondary N) is 2. The van der Waals surface area contributed by atoms with Gasteiger partial charge in [-0.15, -0.1) is 11.3 Å². The molecule has 0 saturated heterocycles. The lowest BCUT2D eigenvalue weighted by Gasteiger charge is -2.36. The number of benzene rings is 2. The second kappa shape index (κ2) is 9.03. The Balaban J connectivity index is 1.56. The van der Waals surface area contributed by atoms with Crippen molar-refractivity contribution in [2.75, 3.05) is 5.32 Å².